The summed E-state index contributed by atoms with van der Waals surface area (Å²) >= 11 is 4.98. The van der Waals surface area contributed by atoms with Crippen LogP contribution in [0.3, 0.4) is 0 Å². The highest BCUT2D eigenvalue weighted by atomic mass is 79.9. The van der Waals surface area contributed by atoms with Crippen molar-refractivity contribution in [2.45, 2.75) is 32.4 Å². The van der Waals surface area contributed by atoms with E-state index in [4.69, 9.17) is 17.0 Å². The number of carbonyl (C=O) groups excluding carboxylic acids is 1. The molecule has 1 amide bonds. The maximum absolute atomic E-state index is 12.0. The number of amides is 1. The van der Waals surface area contributed by atoms with E-state index < -0.39 is 0 Å². The molecule has 0 saturated carbocycles. The third-order valence-corrected chi connectivity index (χ3v) is 3.93. The Hall–Kier alpha value is -1.34. The minimum absolute atomic E-state index is 0. The van der Waals surface area contributed by atoms with Crippen molar-refractivity contribution in [3.05, 3.63) is 23.8 Å². The SMILES string of the molecule is Br.CC(=S)NC[C@H]1CN(c2ccc3c(c2)C[C@@H](C)N3)C(=O)O1. The molecule has 1 saturated heterocycles. The summed E-state index contributed by atoms with van der Waals surface area (Å²) in [4.78, 5) is 14.4. The first-order valence-electron chi connectivity index (χ1n) is 7.15. The van der Waals surface area contributed by atoms with E-state index >= 15 is 0 Å². The summed E-state index contributed by atoms with van der Waals surface area (Å²) in [5, 5.41) is 6.45. The highest BCUT2D eigenvalue weighted by Gasteiger charge is 2.32. The van der Waals surface area contributed by atoms with Crippen LogP contribution in [0.1, 0.15) is 19.4 Å². The van der Waals surface area contributed by atoms with E-state index in [0.29, 0.717) is 24.1 Å². The van der Waals surface area contributed by atoms with Crippen LogP contribution in [0.25, 0.3) is 0 Å². The van der Waals surface area contributed by atoms with Gasteiger partial charge in [0.2, 0.25) is 0 Å². The first-order valence-corrected chi connectivity index (χ1v) is 7.56. The molecule has 1 fully saturated rings. The predicted octanol–water partition coefficient (Wildman–Crippen LogP) is 2.88. The van der Waals surface area contributed by atoms with Gasteiger partial charge in [-0.15, -0.1) is 17.0 Å². The molecule has 22 heavy (non-hydrogen) atoms. The number of cyclic esters (lactones) is 1. The summed E-state index contributed by atoms with van der Waals surface area (Å²) < 4.78 is 5.37. The molecule has 0 radical (unpaired) electrons. The number of carbonyl (C=O) groups is 1. The summed E-state index contributed by atoms with van der Waals surface area (Å²) in [7, 11) is 0. The number of nitrogens with one attached hydrogen (secondary N) is 2. The summed E-state index contributed by atoms with van der Waals surface area (Å²) in [6.45, 7) is 5.08. The number of rotatable bonds is 3. The fourth-order valence-electron chi connectivity index (χ4n) is 2.80. The fourth-order valence-corrected chi connectivity index (χ4v) is 2.88. The Bertz CT molecular complexity index is 596. The number of anilines is 2. The molecule has 0 aromatic heterocycles. The Morgan fingerprint density at radius 3 is 3.05 bits per heavy atom. The van der Waals surface area contributed by atoms with Gasteiger partial charge in [0.15, 0.2) is 0 Å². The van der Waals surface area contributed by atoms with Crippen molar-refractivity contribution in [2.24, 2.45) is 0 Å². The normalized spacial score (nSPS) is 22.5. The quantitative estimate of drug-likeness (QED) is 0.783. The molecule has 0 aliphatic carbocycles. The average Bonchev–Trinajstić information content (AvgIpc) is 2.97. The summed E-state index contributed by atoms with van der Waals surface area (Å²) in [6.07, 6.45) is 0.532. The van der Waals surface area contributed by atoms with E-state index in [1.165, 1.54) is 5.56 Å². The van der Waals surface area contributed by atoms with Crippen LogP contribution < -0.4 is 15.5 Å². The number of halogens is 1. The van der Waals surface area contributed by atoms with Gasteiger partial charge in [0.05, 0.1) is 18.1 Å². The molecular formula is C15H20BrN3O2S. The second-order valence-electron chi connectivity index (χ2n) is 5.64. The van der Waals surface area contributed by atoms with Crippen LogP contribution in [0, 0.1) is 0 Å². The number of hydrogen-bond donors (Lipinski definition) is 2. The molecule has 5 nitrogen and oxygen atoms in total. The van der Waals surface area contributed by atoms with Crippen LogP contribution in [0.15, 0.2) is 18.2 Å². The first-order chi connectivity index (χ1) is 10.0. The van der Waals surface area contributed by atoms with Crippen molar-refractivity contribution in [1.82, 2.24) is 5.32 Å². The van der Waals surface area contributed by atoms with E-state index in [1.54, 1.807) is 4.90 Å². The van der Waals surface area contributed by atoms with Gasteiger partial charge < -0.3 is 15.4 Å². The van der Waals surface area contributed by atoms with Crippen LogP contribution >= 0.6 is 29.2 Å². The van der Waals surface area contributed by atoms with Crippen LogP contribution in [0.2, 0.25) is 0 Å². The summed E-state index contributed by atoms with van der Waals surface area (Å²) in [6, 6.07) is 6.52. The van der Waals surface area contributed by atoms with Crippen LogP contribution in [-0.4, -0.2) is 36.3 Å². The molecule has 1 aromatic carbocycles. The maximum Gasteiger partial charge on any atom is 0.414 e. The zero-order valence-corrected chi connectivity index (χ0v) is 15.1. The van der Waals surface area contributed by atoms with Gasteiger partial charge in [0.1, 0.15) is 6.10 Å². The standard InChI is InChI=1S/C15H19N3O2S.BrH/c1-9-5-11-6-12(3-4-14(11)17-9)18-8-13(20-15(18)19)7-16-10(2)21;/h3-4,6,9,13,17H,5,7-8H2,1-2H3,(H,16,21);1H/t9-,13+;/m1./s1. The first kappa shape index (κ1) is 17.0. The molecule has 2 aliphatic heterocycles. The molecule has 2 N–H and O–H groups in total. The molecule has 2 heterocycles. The molecule has 3 rings (SSSR count). The number of benzene rings is 1. The largest absolute Gasteiger partial charge is 0.442 e. The minimum atomic E-state index is -0.289. The number of thiocarbonyl (C=S) groups is 1. The number of hydrogen-bond acceptors (Lipinski definition) is 4. The molecular weight excluding hydrogens is 366 g/mol. The molecule has 120 valence electrons. The topological polar surface area (TPSA) is 53.6 Å². The highest BCUT2D eigenvalue weighted by molar-refractivity contribution is 8.93. The van der Waals surface area contributed by atoms with Gasteiger partial charge in [-0.1, -0.05) is 12.2 Å². The smallest absolute Gasteiger partial charge is 0.414 e. The average molecular weight is 386 g/mol. The van der Waals surface area contributed by atoms with Gasteiger partial charge >= 0.3 is 6.09 Å². The van der Waals surface area contributed by atoms with Gasteiger partial charge in [0.25, 0.3) is 0 Å². The summed E-state index contributed by atoms with van der Waals surface area (Å²) in [5.74, 6) is 0. The number of ether oxygens (including phenoxy) is 1. The lowest BCUT2D eigenvalue weighted by Gasteiger charge is -2.14. The zero-order chi connectivity index (χ0) is 15.0. The van der Waals surface area contributed by atoms with Gasteiger partial charge in [-0.05, 0) is 44.0 Å². The lowest BCUT2D eigenvalue weighted by molar-refractivity contribution is 0.143. The molecule has 7 heteroatoms. The molecule has 0 spiro atoms. The lowest BCUT2D eigenvalue weighted by atomic mass is 10.1. The monoisotopic (exact) mass is 385 g/mol. The number of nitrogens with zero attached hydrogens (tertiary/aromatic N) is 1. The molecule has 1 aromatic rings. The lowest BCUT2D eigenvalue weighted by Crippen LogP contribution is -2.32. The van der Waals surface area contributed by atoms with Crippen molar-refractivity contribution < 1.29 is 9.53 Å². The highest BCUT2D eigenvalue weighted by Crippen LogP contribution is 2.31. The fraction of sp³-hybridized carbons (Fsp3) is 0.467. The van der Waals surface area contributed by atoms with Crippen molar-refractivity contribution >= 4 is 51.7 Å². The molecule has 0 unspecified atom stereocenters. The van der Waals surface area contributed by atoms with E-state index in [0.717, 1.165) is 17.8 Å². The molecule has 2 aliphatic rings. The Labute approximate surface area is 146 Å². The van der Waals surface area contributed by atoms with Crippen LogP contribution in [-0.2, 0) is 11.2 Å². The van der Waals surface area contributed by atoms with Crippen LogP contribution in [0.5, 0.6) is 0 Å². The summed E-state index contributed by atoms with van der Waals surface area (Å²) in [5.41, 5.74) is 3.31. The van der Waals surface area contributed by atoms with Gasteiger partial charge in [-0.25, -0.2) is 4.79 Å². The van der Waals surface area contributed by atoms with E-state index in [1.807, 2.05) is 19.1 Å². The second kappa shape index (κ2) is 6.83. The van der Waals surface area contributed by atoms with E-state index in [-0.39, 0.29) is 29.2 Å². The maximum atomic E-state index is 12.0. The Kier molecular flexibility index (Phi) is 5.28. The molecule has 0 bridgehead atoms. The Morgan fingerprint density at radius 2 is 2.32 bits per heavy atom. The van der Waals surface area contributed by atoms with Gasteiger partial charge in [-0.2, -0.15) is 0 Å². The second-order valence-corrected chi connectivity index (χ2v) is 6.26. The van der Waals surface area contributed by atoms with Crippen molar-refractivity contribution in [1.29, 1.82) is 0 Å². The Morgan fingerprint density at radius 1 is 1.55 bits per heavy atom. The van der Waals surface area contributed by atoms with Crippen molar-refractivity contribution in [3.8, 4) is 0 Å². The van der Waals surface area contributed by atoms with Crippen molar-refractivity contribution in [2.75, 3.05) is 23.3 Å². The zero-order valence-electron chi connectivity index (χ0n) is 12.6. The predicted molar refractivity (Wildman–Crippen MR) is 97.4 cm³/mol. The minimum Gasteiger partial charge on any atom is -0.442 e. The van der Waals surface area contributed by atoms with E-state index in [9.17, 15) is 4.79 Å². The molecule has 2 atom stereocenters. The van der Waals surface area contributed by atoms with Crippen LogP contribution in [0.4, 0.5) is 16.2 Å². The third kappa shape index (κ3) is 3.52. The van der Waals surface area contributed by atoms with Gasteiger partial charge in [0, 0.05) is 17.4 Å². The van der Waals surface area contributed by atoms with E-state index in [2.05, 4.69) is 23.6 Å². The van der Waals surface area contributed by atoms with Crippen molar-refractivity contribution in [3.63, 3.8) is 0 Å². The Balaban J connectivity index is 0.00000176. The van der Waals surface area contributed by atoms with Gasteiger partial charge in [-0.3, -0.25) is 4.90 Å². The number of fused-ring (bicyclic) bond motifs is 1. The third-order valence-electron chi connectivity index (χ3n) is 3.78.